The number of halogens is 1. The molecule has 0 atom stereocenters. The molecule has 0 amide bonds. The van der Waals surface area contributed by atoms with E-state index in [2.05, 4.69) is 11.1 Å². The highest BCUT2D eigenvalue weighted by Gasteiger charge is 2.16. The smallest absolute Gasteiger partial charge is 0.298 e. The Balaban J connectivity index is 1.80. The number of aldehydes is 1. The van der Waals surface area contributed by atoms with E-state index in [1.165, 1.54) is 0 Å². The summed E-state index contributed by atoms with van der Waals surface area (Å²) in [6.07, 6.45) is 1.45. The zero-order valence-corrected chi connectivity index (χ0v) is 15.6. The van der Waals surface area contributed by atoms with Crippen molar-refractivity contribution >= 4 is 23.9 Å². The van der Waals surface area contributed by atoms with Gasteiger partial charge in [-0.15, -0.1) is 0 Å². The Morgan fingerprint density at radius 2 is 1.81 bits per heavy atom. The fraction of sp³-hybridized carbons (Fsp3) is 0.190. The summed E-state index contributed by atoms with van der Waals surface area (Å²) in [6.45, 7) is 2.94. The number of carbonyl (C=O) groups excluding carboxylic acids is 1. The van der Waals surface area contributed by atoms with Crippen LogP contribution >= 0.6 is 11.6 Å². The highest BCUT2D eigenvalue weighted by molar-refractivity contribution is 6.30. The first-order chi connectivity index (χ1) is 13.1. The first-order valence-corrected chi connectivity index (χ1v) is 8.88. The van der Waals surface area contributed by atoms with Crippen molar-refractivity contribution < 1.29 is 9.21 Å². The van der Waals surface area contributed by atoms with Gasteiger partial charge in [-0.05, 0) is 48.7 Å². The molecular formula is C21H18ClN3O2. The second kappa shape index (κ2) is 8.52. The first kappa shape index (κ1) is 18.7. The molecule has 0 N–H and O–H groups in total. The summed E-state index contributed by atoms with van der Waals surface area (Å²) < 4.78 is 5.70. The van der Waals surface area contributed by atoms with Gasteiger partial charge in [0.1, 0.15) is 11.5 Å². The van der Waals surface area contributed by atoms with Gasteiger partial charge in [0, 0.05) is 18.1 Å². The number of aryl methyl sites for hydroxylation is 1. The summed E-state index contributed by atoms with van der Waals surface area (Å²) in [5, 5.41) is 9.59. The van der Waals surface area contributed by atoms with E-state index in [0.29, 0.717) is 47.4 Å². The van der Waals surface area contributed by atoms with E-state index in [1.54, 1.807) is 19.1 Å². The molecule has 0 radical (unpaired) electrons. The number of nitrogens with zero attached hydrogens (tertiary/aromatic N) is 3. The number of nitriles is 1. The van der Waals surface area contributed by atoms with E-state index in [-0.39, 0.29) is 0 Å². The van der Waals surface area contributed by atoms with Gasteiger partial charge in [-0.3, -0.25) is 4.79 Å². The lowest BCUT2D eigenvalue weighted by Gasteiger charge is -2.21. The molecule has 27 heavy (non-hydrogen) atoms. The summed E-state index contributed by atoms with van der Waals surface area (Å²) in [4.78, 5) is 17.4. The van der Waals surface area contributed by atoms with Crippen LogP contribution in [0.3, 0.4) is 0 Å². The Kier molecular flexibility index (Phi) is 5.90. The van der Waals surface area contributed by atoms with E-state index in [0.717, 1.165) is 17.5 Å². The number of benzene rings is 2. The molecule has 3 rings (SSSR count). The van der Waals surface area contributed by atoms with Crippen molar-refractivity contribution in [3.63, 3.8) is 0 Å². The van der Waals surface area contributed by atoms with Crippen molar-refractivity contribution in [2.75, 3.05) is 11.4 Å². The largest absolute Gasteiger partial charge is 0.428 e. The molecule has 0 bridgehead atoms. The SMILES string of the molecule is Cc1oc(N(CCc2ccc(C#N)cc2)Cc2ccc(Cl)cc2)nc1C=O. The third-order valence-electron chi connectivity index (χ3n) is 4.24. The van der Waals surface area contributed by atoms with E-state index < -0.39 is 0 Å². The number of carbonyl (C=O) groups is 1. The summed E-state index contributed by atoms with van der Waals surface area (Å²) in [6, 6.07) is 17.6. The lowest BCUT2D eigenvalue weighted by atomic mass is 10.1. The highest BCUT2D eigenvalue weighted by atomic mass is 35.5. The molecule has 136 valence electrons. The Bertz CT molecular complexity index is 957. The molecule has 0 aliphatic rings. The fourth-order valence-electron chi connectivity index (χ4n) is 2.70. The molecule has 0 aliphatic carbocycles. The average molecular weight is 380 g/mol. The Hall–Kier alpha value is -3.10. The molecule has 6 heteroatoms. The summed E-state index contributed by atoms with van der Waals surface area (Å²) >= 11 is 5.97. The lowest BCUT2D eigenvalue weighted by Crippen LogP contribution is -2.25. The molecule has 1 aromatic heterocycles. The van der Waals surface area contributed by atoms with Crippen LogP contribution < -0.4 is 4.90 Å². The number of aromatic nitrogens is 1. The summed E-state index contributed by atoms with van der Waals surface area (Å²) in [5.41, 5.74) is 3.11. The molecule has 0 saturated heterocycles. The standard InChI is InChI=1S/C21H18ClN3O2/c1-15-20(14-26)24-21(27-15)25(13-18-6-8-19(22)9-7-18)11-10-16-2-4-17(12-23)5-3-16/h2-9,14H,10-11,13H2,1H3. The molecule has 2 aromatic carbocycles. The van der Waals surface area contributed by atoms with Gasteiger partial charge in [0.25, 0.3) is 6.01 Å². The van der Waals surface area contributed by atoms with Crippen LogP contribution in [0.15, 0.2) is 52.9 Å². The lowest BCUT2D eigenvalue weighted by molar-refractivity contribution is 0.111. The van der Waals surface area contributed by atoms with Gasteiger partial charge in [0.15, 0.2) is 6.29 Å². The van der Waals surface area contributed by atoms with E-state index in [9.17, 15) is 4.79 Å². The van der Waals surface area contributed by atoms with Gasteiger partial charge in [-0.2, -0.15) is 10.2 Å². The van der Waals surface area contributed by atoms with Gasteiger partial charge in [-0.25, -0.2) is 0 Å². The van der Waals surface area contributed by atoms with Crippen LogP contribution in [0.25, 0.3) is 0 Å². The van der Waals surface area contributed by atoms with Gasteiger partial charge >= 0.3 is 0 Å². The van der Waals surface area contributed by atoms with Gasteiger partial charge in [-0.1, -0.05) is 35.9 Å². The van der Waals surface area contributed by atoms with Gasteiger partial charge in [0.2, 0.25) is 0 Å². The molecule has 0 aliphatic heterocycles. The van der Waals surface area contributed by atoms with Crippen molar-refractivity contribution in [2.45, 2.75) is 19.9 Å². The zero-order valence-electron chi connectivity index (χ0n) is 14.9. The van der Waals surface area contributed by atoms with Crippen molar-refractivity contribution in [1.82, 2.24) is 4.98 Å². The Morgan fingerprint density at radius 3 is 2.41 bits per heavy atom. The zero-order chi connectivity index (χ0) is 19.2. The molecular weight excluding hydrogens is 362 g/mol. The molecule has 1 heterocycles. The third-order valence-corrected chi connectivity index (χ3v) is 4.50. The van der Waals surface area contributed by atoms with E-state index in [4.69, 9.17) is 21.3 Å². The molecule has 0 fully saturated rings. The maximum absolute atomic E-state index is 11.1. The number of oxazole rings is 1. The molecule has 5 nitrogen and oxygen atoms in total. The van der Waals surface area contributed by atoms with Crippen molar-refractivity contribution in [1.29, 1.82) is 5.26 Å². The summed E-state index contributed by atoms with van der Waals surface area (Å²) in [5.74, 6) is 0.500. The van der Waals surface area contributed by atoms with E-state index >= 15 is 0 Å². The minimum atomic E-state index is 0.310. The van der Waals surface area contributed by atoms with E-state index in [1.807, 2.05) is 41.3 Å². The normalized spacial score (nSPS) is 10.4. The molecule has 0 spiro atoms. The Morgan fingerprint density at radius 1 is 1.15 bits per heavy atom. The number of rotatable bonds is 7. The van der Waals surface area contributed by atoms with Crippen molar-refractivity contribution in [3.05, 3.63) is 81.7 Å². The predicted octanol–water partition coefficient (Wildman–Crippen LogP) is 4.57. The average Bonchev–Trinajstić information content (AvgIpc) is 3.07. The Labute approximate surface area is 162 Å². The monoisotopic (exact) mass is 379 g/mol. The topological polar surface area (TPSA) is 70.1 Å². The maximum Gasteiger partial charge on any atom is 0.298 e. The van der Waals surface area contributed by atoms with Crippen LogP contribution in [0.2, 0.25) is 5.02 Å². The quantitative estimate of drug-likeness (QED) is 0.562. The minimum absolute atomic E-state index is 0.310. The third kappa shape index (κ3) is 4.75. The second-order valence-corrected chi connectivity index (χ2v) is 6.60. The highest BCUT2D eigenvalue weighted by Crippen LogP contribution is 2.21. The minimum Gasteiger partial charge on any atom is -0.428 e. The molecule has 3 aromatic rings. The molecule has 0 saturated carbocycles. The number of hydrogen-bond donors (Lipinski definition) is 0. The van der Waals surface area contributed by atoms with Crippen LogP contribution in [0.4, 0.5) is 6.01 Å². The van der Waals surface area contributed by atoms with Crippen molar-refractivity contribution in [3.8, 4) is 6.07 Å². The van der Waals surface area contributed by atoms with Crippen molar-refractivity contribution in [2.24, 2.45) is 0 Å². The summed E-state index contributed by atoms with van der Waals surface area (Å²) in [7, 11) is 0. The molecule has 0 unspecified atom stereocenters. The fourth-order valence-corrected chi connectivity index (χ4v) is 2.83. The van der Waals surface area contributed by atoms with Crippen LogP contribution in [0.1, 0.15) is 32.9 Å². The second-order valence-electron chi connectivity index (χ2n) is 6.16. The van der Waals surface area contributed by atoms with Gasteiger partial charge < -0.3 is 9.32 Å². The number of hydrogen-bond acceptors (Lipinski definition) is 5. The first-order valence-electron chi connectivity index (χ1n) is 8.50. The van der Waals surface area contributed by atoms with Crippen LogP contribution in [0.5, 0.6) is 0 Å². The maximum atomic E-state index is 11.1. The van der Waals surface area contributed by atoms with Crippen LogP contribution in [-0.2, 0) is 13.0 Å². The predicted molar refractivity (Wildman–Crippen MR) is 104 cm³/mol. The van der Waals surface area contributed by atoms with Gasteiger partial charge in [0.05, 0.1) is 11.6 Å². The van der Waals surface area contributed by atoms with Crippen LogP contribution in [-0.4, -0.2) is 17.8 Å². The van der Waals surface area contributed by atoms with Crippen LogP contribution in [0, 0.1) is 18.3 Å². The number of anilines is 1.